The zero-order valence-electron chi connectivity index (χ0n) is 13.8. The van der Waals surface area contributed by atoms with E-state index in [1.165, 1.54) is 55.5 Å². The quantitative estimate of drug-likeness (QED) is 0.757. The Labute approximate surface area is 144 Å². The molecule has 2 aromatic rings. The third kappa shape index (κ3) is 5.46. The van der Waals surface area contributed by atoms with Crippen LogP contribution in [0.5, 0.6) is 0 Å². The van der Waals surface area contributed by atoms with Gasteiger partial charge in [-0.2, -0.15) is 0 Å². The summed E-state index contributed by atoms with van der Waals surface area (Å²) >= 11 is 0. The molecule has 0 aromatic heterocycles. The van der Waals surface area contributed by atoms with Crippen molar-refractivity contribution in [3.8, 4) is 0 Å². The molecular weight excluding hydrogens is 328 g/mol. The first kappa shape index (κ1) is 18.7. The maximum atomic E-state index is 12.9. The van der Waals surface area contributed by atoms with Crippen molar-refractivity contribution in [2.75, 3.05) is 6.54 Å². The van der Waals surface area contributed by atoms with E-state index < -0.39 is 23.1 Å². The molecule has 4 nitrogen and oxygen atoms in total. The van der Waals surface area contributed by atoms with Crippen molar-refractivity contribution in [1.29, 1.82) is 0 Å². The first-order valence-electron chi connectivity index (χ1n) is 7.82. The van der Waals surface area contributed by atoms with Crippen LogP contribution in [0.4, 0.5) is 8.78 Å². The van der Waals surface area contributed by atoms with Crippen molar-refractivity contribution in [2.45, 2.75) is 25.4 Å². The second-order valence-corrected chi connectivity index (χ2v) is 5.99. The van der Waals surface area contributed by atoms with E-state index in [-0.39, 0.29) is 25.2 Å². The molecule has 0 spiro atoms. The Morgan fingerprint density at radius 2 is 1.48 bits per heavy atom. The summed E-state index contributed by atoms with van der Waals surface area (Å²) in [5, 5.41) is 12.9. The van der Waals surface area contributed by atoms with Crippen LogP contribution in [0.15, 0.2) is 48.5 Å². The number of nitrogens with one attached hydrogen (secondary N) is 1. The van der Waals surface area contributed by atoms with Gasteiger partial charge in [0.2, 0.25) is 5.91 Å². The molecule has 132 valence electrons. The average Bonchev–Trinajstić information content (AvgIpc) is 2.59. The van der Waals surface area contributed by atoms with Gasteiger partial charge in [0.05, 0.1) is 6.54 Å². The van der Waals surface area contributed by atoms with Gasteiger partial charge in [0, 0.05) is 18.4 Å². The van der Waals surface area contributed by atoms with E-state index in [0.29, 0.717) is 11.1 Å². The van der Waals surface area contributed by atoms with E-state index in [4.69, 9.17) is 0 Å². The van der Waals surface area contributed by atoms with Gasteiger partial charge in [0.1, 0.15) is 17.2 Å². The number of hydrogen-bond acceptors (Lipinski definition) is 3. The number of halogens is 2. The zero-order valence-corrected chi connectivity index (χ0v) is 13.8. The Hall–Kier alpha value is -2.60. The van der Waals surface area contributed by atoms with Crippen LogP contribution in [0.25, 0.3) is 0 Å². The van der Waals surface area contributed by atoms with E-state index >= 15 is 0 Å². The normalized spacial score (nSPS) is 13.1. The molecule has 25 heavy (non-hydrogen) atoms. The Bertz CT molecular complexity index is 740. The van der Waals surface area contributed by atoms with E-state index in [1.807, 2.05) is 0 Å². The van der Waals surface area contributed by atoms with Gasteiger partial charge in [0.15, 0.2) is 5.78 Å². The number of carbonyl (C=O) groups excluding carboxylic acids is 2. The molecule has 2 rings (SSSR count). The van der Waals surface area contributed by atoms with Gasteiger partial charge in [-0.15, -0.1) is 0 Å². The van der Waals surface area contributed by atoms with Gasteiger partial charge in [-0.3, -0.25) is 9.59 Å². The maximum absolute atomic E-state index is 12.9. The Balaban J connectivity index is 1.82. The van der Waals surface area contributed by atoms with Gasteiger partial charge in [0.25, 0.3) is 0 Å². The molecule has 0 saturated heterocycles. The van der Waals surface area contributed by atoms with Crippen LogP contribution in [-0.2, 0) is 10.4 Å². The van der Waals surface area contributed by atoms with Gasteiger partial charge in [-0.05, 0) is 48.9 Å². The topological polar surface area (TPSA) is 66.4 Å². The highest BCUT2D eigenvalue weighted by Crippen LogP contribution is 2.20. The minimum absolute atomic E-state index is 0.0177. The van der Waals surface area contributed by atoms with Crippen LogP contribution in [0.3, 0.4) is 0 Å². The van der Waals surface area contributed by atoms with Crippen LogP contribution in [0.2, 0.25) is 0 Å². The summed E-state index contributed by atoms with van der Waals surface area (Å²) in [4.78, 5) is 23.8. The Morgan fingerprint density at radius 1 is 0.960 bits per heavy atom. The molecule has 0 radical (unpaired) electrons. The number of amides is 1. The summed E-state index contributed by atoms with van der Waals surface area (Å²) in [5.41, 5.74) is -0.547. The number of ketones is 1. The average molecular weight is 347 g/mol. The molecule has 0 aliphatic rings. The molecule has 1 atom stereocenters. The first-order chi connectivity index (χ1) is 11.8. The number of hydrogen-bond donors (Lipinski definition) is 2. The van der Waals surface area contributed by atoms with E-state index in [0.717, 1.165) is 0 Å². The molecule has 1 amide bonds. The SMILES string of the molecule is C[C@](O)(CNC(=O)CCC(=O)c1ccc(F)cc1)c1ccc(F)cc1. The van der Waals surface area contributed by atoms with Gasteiger partial charge >= 0.3 is 0 Å². The molecule has 0 heterocycles. The van der Waals surface area contributed by atoms with Crippen molar-refractivity contribution in [2.24, 2.45) is 0 Å². The highest BCUT2D eigenvalue weighted by molar-refractivity contribution is 5.97. The fourth-order valence-corrected chi connectivity index (χ4v) is 2.28. The lowest BCUT2D eigenvalue weighted by Gasteiger charge is -2.24. The van der Waals surface area contributed by atoms with Gasteiger partial charge in [-0.1, -0.05) is 12.1 Å². The summed E-state index contributed by atoms with van der Waals surface area (Å²) in [7, 11) is 0. The zero-order chi connectivity index (χ0) is 18.4. The van der Waals surface area contributed by atoms with Gasteiger partial charge < -0.3 is 10.4 Å². The summed E-state index contributed by atoms with van der Waals surface area (Å²) in [6.45, 7) is 1.44. The number of Topliss-reactive ketones (excluding diaryl/α,β-unsaturated/α-hetero) is 1. The minimum Gasteiger partial charge on any atom is -0.384 e. The molecule has 2 N–H and O–H groups in total. The molecule has 0 bridgehead atoms. The highest BCUT2D eigenvalue weighted by Gasteiger charge is 2.24. The monoisotopic (exact) mass is 347 g/mol. The summed E-state index contributed by atoms with van der Waals surface area (Å²) in [6.07, 6.45) is -0.0636. The Kier molecular flexibility index (Phi) is 5.98. The molecule has 0 aliphatic heterocycles. The smallest absolute Gasteiger partial charge is 0.220 e. The molecule has 0 unspecified atom stereocenters. The molecule has 0 fully saturated rings. The maximum Gasteiger partial charge on any atom is 0.220 e. The molecule has 0 saturated carbocycles. The minimum atomic E-state index is -1.36. The van der Waals surface area contributed by atoms with Crippen LogP contribution >= 0.6 is 0 Å². The van der Waals surface area contributed by atoms with E-state index in [1.54, 1.807) is 0 Å². The molecule has 0 aliphatic carbocycles. The fourth-order valence-electron chi connectivity index (χ4n) is 2.28. The summed E-state index contributed by atoms with van der Waals surface area (Å²) in [5.74, 6) is -1.50. The van der Waals surface area contributed by atoms with Crippen LogP contribution in [0, 0.1) is 11.6 Å². The third-order valence-electron chi connectivity index (χ3n) is 3.84. The summed E-state index contributed by atoms with van der Waals surface area (Å²) < 4.78 is 25.7. The fraction of sp³-hybridized carbons (Fsp3) is 0.263. The standard InChI is InChI=1S/C19H19F2NO3/c1-19(25,14-4-8-16(21)9-5-14)12-22-18(24)11-10-17(23)13-2-6-15(20)7-3-13/h2-9,25H,10-12H2,1H3,(H,22,24)/t19-/m0/s1. The number of rotatable bonds is 7. The van der Waals surface area contributed by atoms with Crippen molar-refractivity contribution < 1.29 is 23.5 Å². The van der Waals surface area contributed by atoms with Crippen molar-refractivity contribution >= 4 is 11.7 Å². The van der Waals surface area contributed by atoms with Crippen molar-refractivity contribution in [3.05, 3.63) is 71.3 Å². The molecular formula is C19H19F2NO3. The largest absolute Gasteiger partial charge is 0.384 e. The Morgan fingerprint density at radius 3 is 2.04 bits per heavy atom. The second kappa shape index (κ2) is 7.98. The molecule has 2 aromatic carbocycles. The predicted octanol–water partition coefficient (Wildman–Crippen LogP) is 2.95. The lowest BCUT2D eigenvalue weighted by Crippen LogP contribution is -2.38. The predicted molar refractivity (Wildman–Crippen MR) is 88.9 cm³/mol. The van der Waals surface area contributed by atoms with Crippen LogP contribution < -0.4 is 5.32 Å². The van der Waals surface area contributed by atoms with Crippen LogP contribution in [-0.4, -0.2) is 23.3 Å². The lowest BCUT2D eigenvalue weighted by atomic mass is 9.96. The highest BCUT2D eigenvalue weighted by atomic mass is 19.1. The van der Waals surface area contributed by atoms with Crippen molar-refractivity contribution in [3.63, 3.8) is 0 Å². The van der Waals surface area contributed by atoms with E-state index in [2.05, 4.69) is 5.32 Å². The van der Waals surface area contributed by atoms with Crippen molar-refractivity contribution in [1.82, 2.24) is 5.32 Å². The van der Waals surface area contributed by atoms with Crippen LogP contribution in [0.1, 0.15) is 35.7 Å². The number of carbonyl (C=O) groups is 2. The number of benzene rings is 2. The number of aliphatic hydroxyl groups is 1. The second-order valence-electron chi connectivity index (χ2n) is 5.99. The van der Waals surface area contributed by atoms with Gasteiger partial charge in [-0.25, -0.2) is 8.78 Å². The first-order valence-corrected chi connectivity index (χ1v) is 7.82. The van der Waals surface area contributed by atoms with E-state index in [9.17, 15) is 23.5 Å². The third-order valence-corrected chi connectivity index (χ3v) is 3.84. The lowest BCUT2D eigenvalue weighted by molar-refractivity contribution is -0.122. The summed E-state index contributed by atoms with van der Waals surface area (Å²) in [6, 6.07) is 10.5. The molecule has 6 heteroatoms.